The second kappa shape index (κ2) is 7.56. The Morgan fingerprint density at radius 1 is 1.18 bits per heavy atom. The van der Waals surface area contributed by atoms with E-state index in [2.05, 4.69) is 18.6 Å². The van der Waals surface area contributed by atoms with E-state index in [4.69, 9.17) is 0 Å². The number of benzene rings is 1. The second-order valence-electron chi connectivity index (χ2n) is 6.13. The van der Waals surface area contributed by atoms with Crippen molar-refractivity contribution >= 4 is 5.91 Å². The minimum absolute atomic E-state index is 0.0343. The number of nitrogens with zero attached hydrogens (tertiary/aromatic N) is 1. The van der Waals surface area contributed by atoms with Gasteiger partial charge in [-0.15, -0.1) is 0 Å². The lowest BCUT2D eigenvalue weighted by atomic mass is 9.89. The van der Waals surface area contributed by atoms with Crippen molar-refractivity contribution in [2.75, 3.05) is 13.1 Å². The van der Waals surface area contributed by atoms with Crippen LogP contribution in [0.2, 0.25) is 0 Å². The summed E-state index contributed by atoms with van der Waals surface area (Å²) in [6.45, 7) is 3.13. The number of hydrogen-bond acceptors (Lipinski definition) is 2. The van der Waals surface area contributed by atoms with Crippen molar-refractivity contribution in [3.05, 3.63) is 29.8 Å². The SMILES string of the molecule is CC(C)C1CCCN(C(=O)c2ccc(OC(F)F)cc2)CC1. The minimum Gasteiger partial charge on any atom is -0.435 e. The average molecular weight is 311 g/mol. The molecule has 0 bridgehead atoms. The first-order chi connectivity index (χ1) is 10.5. The molecule has 5 heteroatoms. The maximum absolute atomic E-state index is 12.5. The van der Waals surface area contributed by atoms with Gasteiger partial charge in [-0.25, -0.2) is 0 Å². The number of halogens is 2. The lowest BCUT2D eigenvalue weighted by molar-refractivity contribution is -0.0498. The summed E-state index contributed by atoms with van der Waals surface area (Å²) in [4.78, 5) is 14.4. The van der Waals surface area contributed by atoms with E-state index >= 15 is 0 Å². The fraction of sp³-hybridized carbons (Fsp3) is 0.588. The van der Waals surface area contributed by atoms with E-state index in [9.17, 15) is 13.6 Å². The number of carbonyl (C=O) groups excluding carboxylic acids is 1. The first-order valence-electron chi connectivity index (χ1n) is 7.81. The van der Waals surface area contributed by atoms with Crippen molar-refractivity contribution in [2.45, 2.75) is 39.7 Å². The third kappa shape index (κ3) is 4.42. The molecule has 1 aromatic rings. The first-order valence-corrected chi connectivity index (χ1v) is 7.81. The molecule has 1 fully saturated rings. The van der Waals surface area contributed by atoms with Crippen LogP contribution in [0.25, 0.3) is 0 Å². The third-order valence-corrected chi connectivity index (χ3v) is 4.33. The van der Waals surface area contributed by atoms with E-state index in [0.29, 0.717) is 17.4 Å². The Morgan fingerprint density at radius 3 is 2.45 bits per heavy atom. The summed E-state index contributed by atoms with van der Waals surface area (Å²) in [5.74, 6) is 1.34. The topological polar surface area (TPSA) is 29.5 Å². The summed E-state index contributed by atoms with van der Waals surface area (Å²) in [5.41, 5.74) is 0.518. The number of rotatable bonds is 4. The molecule has 0 saturated carbocycles. The van der Waals surface area contributed by atoms with Crippen molar-refractivity contribution in [1.29, 1.82) is 0 Å². The Hall–Kier alpha value is -1.65. The molecule has 1 heterocycles. The van der Waals surface area contributed by atoms with Gasteiger partial charge in [0.2, 0.25) is 0 Å². The highest BCUT2D eigenvalue weighted by molar-refractivity contribution is 5.94. The zero-order valence-electron chi connectivity index (χ0n) is 13.1. The fourth-order valence-corrected chi connectivity index (χ4v) is 2.95. The number of hydrogen-bond donors (Lipinski definition) is 0. The smallest absolute Gasteiger partial charge is 0.387 e. The van der Waals surface area contributed by atoms with Crippen LogP contribution in [0.3, 0.4) is 0 Å². The summed E-state index contributed by atoms with van der Waals surface area (Å²) in [5, 5.41) is 0. The second-order valence-corrected chi connectivity index (χ2v) is 6.13. The van der Waals surface area contributed by atoms with E-state index in [1.165, 1.54) is 12.1 Å². The lowest BCUT2D eigenvalue weighted by Crippen LogP contribution is -2.32. The van der Waals surface area contributed by atoms with Gasteiger partial charge in [0.1, 0.15) is 5.75 Å². The Morgan fingerprint density at radius 2 is 1.86 bits per heavy atom. The van der Waals surface area contributed by atoms with Crippen molar-refractivity contribution in [3.63, 3.8) is 0 Å². The van der Waals surface area contributed by atoms with E-state index in [1.54, 1.807) is 12.1 Å². The van der Waals surface area contributed by atoms with Gasteiger partial charge >= 0.3 is 6.61 Å². The molecule has 122 valence electrons. The van der Waals surface area contributed by atoms with Gasteiger partial charge in [0.15, 0.2) is 0 Å². The van der Waals surface area contributed by atoms with E-state index < -0.39 is 6.61 Å². The van der Waals surface area contributed by atoms with E-state index in [0.717, 1.165) is 32.4 Å². The Bertz CT molecular complexity index is 488. The maximum Gasteiger partial charge on any atom is 0.387 e. The van der Waals surface area contributed by atoms with Gasteiger partial charge in [-0.2, -0.15) is 8.78 Å². The van der Waals surface area contributed by atoms with Gasteiger partial charge < -0.3 is 9.64 Å². The number of ether oxygens (including phenoxy) is 1. The van der Waals surface area contributed by atoms with Crippen LogP contribution >= 0.6 is 0 Å². The molecule has 1 unspecified atom stereocenters. The molecular formula is C17H23F2NO2. The van der Waals surface area contributed by atoms with Crippen LogP contribution in [-0.4, -0.2) is 30.5 Å². The van der Waals surface area contributed by atoms with Gasteiger partial charge in [0.25, 0.3) is 5.91 Å². The molecule has 22 heavy (non-hydrogen) atoms. The quantitative estimate of drug-likeness (QED) is 0.834. The van der Waals surface area contributed by atoms with Gasteiger partial charge in [0, 0.05) is 18.7 Å². The van der Waals surface area contributed by atoms with E-state index in [1.807, 2.05) is 4.90 Å². The van der Waals surface area contributed by atoms with Crippen molar-refractivity contribution < 1.29 is 18.3 Å². The van der Waals surface area contributed by atoms with Crippen molar-refractivity contribution in [3.8, 4) is 5.75 Å². The van der Waals surface area contributed by atoms with Gasteiger partial charge in [-0.05, 0) is 55.4 Å². The molecule has 1 saturated heterocycles. The predicted molar refractivity (Wildman–Crippen MR) is 81.2 cm³/mol. The lowest BCUT2D eigenvalue weighted by Gasteiger charge is -2.21. The molecule has 1 atom stereocenters. The molecule has 1 amide bonds. The first kappa shape index (κ1) is 16.7. The number of carbonyl (C=O) groups is 1. The molecule has 0 aromatic heterocycles. The standard InChI is InChI=1S/C17H23F2NO2/c1-12(2)13-4-3-10-20(11-9-13)16(21)14-5-7-15(8-6-14)22-17(18)19/h5-8,12-13,17H,3-4,9-11H2,1-2H3. The van der Waals surface area contributed by atoms with Crippen LogP contribution in [-0.2, 0) is 0 Å². The van der Waals surface area contributed by atoms with Crippen LogP contribution in [0.5, 0.6) is 5.75 Å². The minimum atomic E-state index is -2.85. The highest BCUT2D eigenvalue weighted by Crippen LogP contribution is 2.25. The molecule has 1 aliphatic rings. The zero-order chi connectivity index (χ0) is 16.1. The molecule has 1 aromatic carbocycles. The van der Waals surface area contributed by atoms with Crippen LogP contribution in [0.1, 0.15) is 43.5 Å². The fourth-order valence-electron chi connectivity index (χ4n) is 2.95. The molecule has 0 N–H and O–H groups in total. The van der Waals surface area contributed by atoms with Crippen molar-refractivity contribution in [2.24, 2.45) is 11.8 Å². The summed E-state index contributed by atoms with van der Waals surface area (Å²) in [6, 6.07) is 5.91. The molecule has 0 aliphatic carbocycles. The molecular weight excluding hydrogens is 288 g/mol. The third-order valence-electron chi connectivity index (χ3n) is 4.33. The molecule has 1 aliphatic heterocycles. The zero-order valence-corrected chi connectivity index (χ0v) is 13.1. The number of likely N-dealkylation sites (tertiary alicyclic amines) is 1. The molecule has 2 rings (SSSR count). The van der Waals surface area contributed by atoms with Gasteiger partial charge in [0.05, 0.1) is 0 Å². The largest absolute Gasteiger partial charge is 0.435 e. The van der Waals surface area contributed by atoms with Crippen LogP contribution in [0.15, 0.2) is 24.3 Å². The monoisotopic (exact) mass is 311 g/mol. The van der Waals surface area contributed by atoms with Gasteiger partial charge in [-0.3, -0.25) is 4.79 Å². The van der Waals surface area contributed by atoms with Gasteiger partial charge in [-0.1, -0.05) is 13.8 Å². The molecule has 3 nitrogen and oxygen atoms in total. The van der Waals surface area contributed by atoms with Crippen LogP contribution in [0.4, 0.5) is 8.78 Å². The number of alkyl halides is 2. The highest BCUT2D eigenvalue weighted by Gasteiger charge is 2.23. The normalized spacial score (nSPS) is 19.4. The predicted octanol–water partition coefficient (Wildman–Crippen LogP) is 4.19. The summed E-state index contributed by atoms with van der Waals surface area (Å²) < 4.78 is 28.5. The highest BCUT2D eigenvalue weighted by atomic mass is 19.3. The van der Waals surface area contributed by atoms with E-state index in [-0.39, 0.29) is 11.7 Å². The summed E-state index contributed by atoms with van der Waals surface area (Å²) >= 11 is 0. The Labute approximate surface area is 130 Å². The Balaban J connectivity index is 1.98. The number of amides is 1. The maximum atomic E-state index is 12.5. The molecule has 0 radical (unpaired) electrons. The Kier molecular flexibility index (Phi) is 5.75. The summed E-state index contributed by atoms with van der Waals surface area (Å²) in [7, 11) is 0. The van der Waals surface area contributed by atoms with Crippen LogP contribution < -0.4 is 4.74 Å². The average Bonchev–Trinajstić information content (AvgIpc) is 2.72. The molecule has 0 spiro atoms. The summed E-state index contributed by atoms with van der Waals surface area (Å²) in [6.07, 6.45) is 3.19. The van der Waals surface area contributed by atoms with Crippen molar-refractivity contribution in [1.82, 2.24) is 4.90 Å². The van der Waals surface area contributed by atoms with Crippen LogP contribution in [0, 0.1) is 11.8 Å².